The normalized spacial score (nSPS) is 13.4. The van der Waals surface area contributed by atoms with Gasteiger partial charge in [-0.3, -0.25) is 9.78 Å². The van der Waals surface area contributed by atoms with Crippen molar-refractivity contribution in [3.63, 3.8) is 0 Å². The van der Waals surface area contributed by atoms with Gasteiger partial charge < -0.3 is 5.32 Å². The van der Waals surface area contributed by atoms with Crippen molar-refractivity contribution < 1.29 is 4.39 Å². The highest BCUT2D eigenvalue weighted by Gasteiger charge is 2.17. The van der Waals surface area contributed by atoms with Crippen LogP contribution in [0.1, 0.15) is 23.2 Å². The lowest BCUT2D eigenvalue weighted by atomic mass is 10.2. The third-order valence-corrected chi connectivity index (χ3v) is 3.38. The summed E-state index contributed by atoms with van der Waals surface area (Å²) in [6.07, 6.45) is 2.58. The van der Waals surface area contributed by atoms with E-state index in [9.17, 15) is 9.18 Å². The smallest absolute Gasteiger partial charge is 0.255 e. The molecule has 1 aliphatic carbocycles. The van der Waals surface area contributed by atoms with Crippen LogP contribution in [0.3, 0.4) is 0 Å². The summed E-state index contributed by atoms with van der Waals surface area (Å²) in [5.41, 5.74) is 2.68. The van der Waals surface area contributed by atoms with Crippen molar-refractivity contribution in [2.24, 2.45) is 0 Å². The Morgan fingerprint density at radius 1 is 1.37 bits per heavy atom. The molecule has 0 fully saturated rings. The number of nitrogens with zero attached hydrogens (tertiary/aromatic N) is 1. The van der Waals surface area contributed by atoms with Gasteiger partial charge in [0.2, 0.25) is 5.95 Å². The van der Waals surface area contributed by atoms with Gasteiger partial charge in [-0.15, -0.1) is 0 Å². The summed E-state index contributed by atoms with van der Waals surface area (Å²) in [6.45, 7) is 1.70. The van der Waals surface area contributed by atoms with Gasteiger partial charge in [0.15, 0.2) is 0 Å². The minimum Gasteiger partial charge on any atom is -0.326 e. The van der Waals surface area contributed by atoms with Crippen molar-refractivity contribution in [2.45, 2.75) is 26.2 Å². The molecule has 0 atom stereocenters. The minimum absolute atomic E-state index is 0.0995. The van der Waals surface area contributed by atoms with E-state index in [1.54, 1.807) is 19.1 Å². The molecule has 1 heterocycles. The number of aromatic nitrogens is 2. The van der Waals surface area contributed by atoms with Gasteiger partial charge in [0.05, 0.1) is 5.69 Å². The molecule has 0 saturated heterocycles. The molecule has 0 amide bonds. The summed E-state index contributed by atoms with van der Waals surface area (Å²) in [4.78, 5) is 18.9. The molecule has 4 nitrogen and oxygen atoms in total. The second-order valence-electron chi connectivity index (χ2n) is 4.78. The van der Waals surface area contributed by atoms with E-state index in [1.165, 1.54) is 6.07 Å². The SMILES string of the molecule is Cc1ccc(Nc2nc3c(c(=O)[nH]2)CCC3)cc1F. The van der Waals surface area contributed by atoms with Gasteiger partial charge in [-0.25, -0.2) is 9.37 Å². The third kappa shape index (κ3) is 2.23. The summed E-state index contributed by atoms with van der Waals surface area (Å²) in [6, 6.07) is 4.83. The van der Waals surface area contributed by atoms with Crippen molar-refractivity contribution in [1.82, 2.24) is 9.97 Å². The highest BCUT2D eigenvalue weighted by atomic mass is 19.1. The van der Waals surface area contributed by atoms with Crippen LogP contribution in [-0.4, -0.2) is 9.97 Å². The Kier molecular flexibility index (Phi) is 2.81. The lowest BCUT2D eigenvalue weighted by Crippen LogP contribution is -2.16. The van der Waals surface area contributed by atoms with Crippen molar-refractivity contribution in [1.29, 1.82) is 0 Å². The van der Waals surface area contributed by atoms with Gasteiger partial charge in [-0.2, -0.15) is 0 Å². The van der Waals surface area contributed by atoms with E-state index in [4.69, 9.17) is 0 Å². The number of rotatable bonds is 2. The quantitative estimate of drug-likeness (QED) is 0.871. The number of H-pyrrole nitrogens is 1. The highest BCUT2D eigenvalue weighted by molar-refractivity contribution is 5.54. The molecule has 19 heavy (non-hydrogen) atoms. The average Bonchev–Trinajstić information content (AvgIpc) is 2.82. The number of anilines is 2. The molecule has 1 aromatic carbocycles. The van der Waals surface area contributed by atoms with Gasteiger partial charge in [-0.05, 0) is 43.9 Å². The van der Waals surface area contributed by atoms with E-state index in [0.717, 1.165) is 30.5 Å². The number of halogens is 1. The second-order valence-corrected chi connectivity index (χ2v) is 4.78. The monoisotopic (exact) mass is 259 g/mol. The van der Waals surface area contributed by atoms with Gasteiger partial charge in [0.25, 0.3) is 5.56 Å². The Labute approximate surface area is 109 Å². The van der Waals surface area contributed by atoms with Crippen molar-refractivity contribution >= 4 is 11.6 Å². The molecule has 0 radical (unpaired) electrons. The minimum atomic E-state index is -0.284. The first-order valence-corrected chi connectivity index (χ1v) is 6.29. The van der Waals surface area contributed by atoms with Crippen LogP contribution < -0.4 is 10.9 Å². The average molecular weight is 259 g/mol. The van der Waals surface area contributed by atoms with Crippen LogP contribution in [0.25, 0.3) is 0 Å². The fourth-order valence-electron chi connectivity index (χ4n) is 2.31. The van der Waals surface area contributed by atoms with E-state index in [0.29, 0.717) is 17.2 Å². The van der Waals surface area contributed by atoms with E-state index >= 15 is 0 Å². The Morgan fingerprint density at radius 3 is 3.00 bits per heavy atom. The zero-order chi connectivity index (χ0) is 13.4. The molecule has 0 unspecified atom stereocenters. The number of fused-ring (bicyclic) bond motifs is 1. The van der Waals surface area contributed by atoms with Crippen LogP contribution in [-0.2, 0) is 12.8 Å². The second kappa shape index (κ2) is 4.50. The van der Waals surface area contributed by atoms with Crippen LogP contribution >= 0.6 is 0 Å². The molecule has 1 aliphatic rings. The standard InChI is InChI=1S/C14H14FN3O/c1-8-5-6-9(7-11(8)15)16-14-17-12-4-2-3-10(12)13(19)18-14/h5-7H,2-4H2,1H3,(H2,16,17,18,19). The maximum Gasteiger partial charge on any atom is 0.255 e. The van der Waals surface area contributed by atoms with Crippen molar-refractivity contribution in [3.8, 4) is 0 Å². The van der Waals surface area contributed by atoms with E-state index < -0.39 is 0 Å². The lowest BCUT2D eigenvalue weighted by Gasteiger charge is -2.08. The molecule has 0 aliphatic heterocycles. The fraction of sp³-hybridized carbons (Fsp3) is 0.286. The number of benzene rings is 1. The van der Waals surface area contributed by atoms with Crippen LogP contribution in [0.4, 0.5) is 16.0 Å². The number of hydrogen-bond acceptors (Lipinski definition) is 3. The molecule has 0 spiro atoms. The molecule has 0 bridgehead atoms. The Balaban J connectivity index is 1.93. The first kappa shape index (κ1) is 11.9. The van der Waals surface area contributed by atoms with Crippen LogP contribution in [0, 0.1) is 12.7 Å². The predicted octanol–water partition coefficient (Wildman–Crippen LogP) is 2.45. The first-order chi connectivity index (χ1) is 9.13. The number of aryl methyl sites for hydroxylation is 2. The maximum atomic E-state index is 13.4. The molecule has 2 N–H and O–H groups in total. The summed E-state index contributed by atoms with van der Waals surface area (Å²) in [5.74, 6) is 0.0856. The molecular weight excluding hydrogens is 245 g/mol. The van der Waals surface area contributed by atoms with Gasteiger partial charge in [-0.1, -0.05) is 6.07 Å². The third-order valence-electron chi connectivity index (χ3n) is 3.38. The number of hydrogen-bond donors (Lipinski definition) is 2. The molecule has 3 rings (SSSR count). The Hall–Kier alpha value is -2.17. The predicted molar refractivity (Wildman–Crippen MR) is 71.3 cm³/mol. The van der Waals surface area contributed by atoms with Crippen molar-refractivity contribution in [3.05, 3.63) is 51.2 Å². The molecule has 5 heteroatoms. The highest BCUT2D eigenvalue weighted by Crippen LogP contribution is 2.20. The van der Waals surface area contributed by atoms with E-state index in [2.05, 4.69) is 15.3 Å². The largest absolute Gasteiger partial charge is 0.326 e. The van der Waals surface area contributed by atoms with Gasteiger partial charge >= 0.3 is 0 Å². The number of aromatic amines is 1. The van der Waals surface area contributed by atoms with Crippen LogP contribution in [0.2, 0.25) is 0 Å². The summed E-state index contributed by atoms with van der Waals surface area (Å²) in [5, 5.41) is 2.94. The summed E-state index contributed by atoms with van der Waals surface area (Å²) in [7, 11) is 0. The van der Waals surface area contributed by atoms with Crippen molar-refractivity contribution in [2.75, 3.05) is 5.32 Å². The zero-order valence-corrected chi connectivity index (χ0v) is 10.6. The Morgan fingerprint density at radius 2 is 2.21 bits per heavy atom. The molecular formula is C14H14FN3O. The zero-order valence-electron chi connectivity index (χ0n) is 10.6. The topological polar surface area (TPSA) is 57.8 Å². The maximum absolute atomic E-state index is 13.4. The molecule has 0 saturated carbocycles. The van der Waals surface area contributed by atoms with Gasteiger partial charge in [0, 0.05) is 11.3 Å². The van der Waals surface area contributed by atoms with E-state index in [1.807, 2.05) is 0 Å². The number of nitrogens with one attached hydrogen (secondary N) is 2. The van der Waals surface area contributed by atoms with Crippen LogP contribution in [0.5, 0.6) is 0 Å². The lowest BCUT2D eigenvalue weighted by molar-refractivity contribution is 0.619. The van der Waals surface area contributed by atoms with Crippen LogP contribution in [0.15, 0.2) is 23.0 Å². The Bertz CT molecular complexity index is 694. The van der Waals surface area contributed by atoms with E-state index in [-0.39, 0.29) is 11.4 Å². The first-order valence-electron chi connectivity index (χ1n) is 6.29. The fourth-order valence-corrected chi connectivity index (χ4v) is 2.31. The molecule has 2 aromatic rings. The molecule has 98 valence electrons. The van der Waals surface area contributed by atoms with Gasteiger partial charge in [0.1, 0.15) is 5.82 Å². The molecule has 1 aromatic heterocycles. The summed E-state index contributed by atoms with van der Waals surface area (Å²) >= 11 is 0. The summed E-state index contributed by atoms with van der Waals surface area (Å²) < 4.78 is 13.4.